The number of carbonyl (C=O) groups excluding carboxylic acids is 1. The van der Waals surface area contributed by atoms with Crippen molar-refractivity contribution in [3.63, 3.8) is 0 Å². The van der Waals surface area contributed by atoms with E-state index < -0.39 is 0 Å². The summed E-state index contributed by atoms with van der Waals surface area (Å²) in [7, 11) is 1.93. The van der Waals surface area contributed by atoms with Crippen molar-refractivity contribution in [2.75, 3.05) is 43.4 Å². The molecule has 1 aliphatic heterocycles. The van der Waals surface area contributed by atoms with Crippen LogP contribution in [0.3, 0.4) is 0 Å². The van der Waals surface area contributed by atoms with E-state index in [9.17, 15) is 4.79 Å². The van der Waals surface area contributed by atoms with E-state index in [1.807, 2.05) is 34.7 Å². The van der Waals surface area contributed by atoms with Crippen LogP contribution in [0.2, 0.25) is 0 Å². The van der Waals surface area contributed by atoms with Crippen molar-refractivity contribution >= 4 is 33.2 Å². The van der Waals surface area contributed by atoms with E-state index in [1.165, 1.54) is 62.8 Å². The highest BCUT2D eigenvalue weighted by atomic mass is 32.1. The van der Waals surface area contributed by atoms with Crippen LogP contribution in [-0.4, -0.2) is 70.7 Å². The first-order valence-electron chi connectivity index (χ1n) is 13.5. The molecule has 0 unspecified atom stereocenters. The van der Waals surface area contributed by atoms with Gasteiger partial charge in [0.25, 0.3) is 0 Å². The number of fused-ring (bicyclic) bond motifs is 1. The smallest absolute Gasteiger partial charge is 0.239 e. The highest BCUT2D eigenvalue weighted by Gasteiger charge is 2.24. The van der Waals surface area contributed by atoms with E-state index in [-0.39, 0.29) is 12.5 Å². The lowest BCUT2D eigenvalue weighted by atomic mass is 10.0. The number of hydrogen-bond donors (Lipinski definition) is 2. The predicted molar refractivity (Wildman–Crippen MR) is 148 cm³/mol. The lowest BCUT2D eigenvalue weighted by Crippen LogP contribution is -2.40. The topological polar surface area (TPSA) is 77.8 Å². The maximum atomic E-state index is 12.6. The Morgan fingerprint density at radius 3 is 2.69 bits per heavy atom. The van der Waals surface area contributed by atoms with Gasteiger partial charge in [-0.1, -0.05) is 60.9 Å². The van der Waals surface area contributed by atoms with Crippen molar-refractivity contribution in [3.8, 4) is 11.3 Å². The second-order valence-corrected chi connectivity index (χ2v) is 11.3. The zero-order valence-electron chi connectivity index (χ0n) is 21.6. The summed E-state index contributed by atoms with van der Waals surface area (Å²) in [5, 5.41) is 12.5. The molecule has 1 aromatic carbocycles. The number of hydrogen-bond acceptors (Lipinski definition) is 7. The molecule has 2 N–H and O–H groups in total. The van der Waals surface area contributed by atoms with E-state index >= 15 is 0 Å². The van der Waals surface area contributed by atoms with Crippen LogP contribution >= 0.6 is 11.3 Å². The van der Waals surface area contributed by atoms with Crippen LogP contribution in [0.4, 0.5) is 10.9 Å². The molecule has 5 rings (SSSR count). The van der Waals surface area contributed by atoms with Gasteiger partial charge >= 0.3 is 0 Å². The lowest BCUT2D eigenvalue weighted by Gasteiger charge is -2.33. The van der Waals surface area contributed by atoms with Gasteiger partial charge in [0.2, 0.25) is 16.0 Å². The number of nitrogens with zero attached hydrogens (tertiary/aromatic N) is 5. The standard InChI is InChI=1S/C27H39N7OS/c1-20-11-8-9-17-33(20)18-10-16-28-23(35)19-32(2)27-31-34-25(29-22-14-6-7-15-22)24(30-26(34)36-27)21-12-4-3-5-13-21/h3-5,12-13,20,22,29H,6-11,14-19H2,1-2H3,(H,28,35)/t20-/m1/s1. The van der Waals surface area contributed by atoms with Crippen molar-refractivity contribution < 1.29 is 4.79 Å². The van der Waals surface area contributed by atoms with Crippen molar-refractivity contribution in [1.29, 1.82) is 0 Å². The summed E-state index contributed by atoms with van der Waals surface area (Å²) in [5.41, 5.74) is 2.03. The first-order valence-corrected chi connectivity index (χ1v) is 14.3. The number of benzene rings is 1. The third kappa shape index (κ3) is 5.83. The summed E-state index contributed by atoms with van der Waals surface area (Å²) < 4.78 is 1.93. The number of nitrogens with one attached hydrogen (secondary N) is 2. The third-order valence-corrected chi connectivity index (χ3v) is 8.55. The van der Waals surface area contributed by atoms with E-state index in [4.69, 9.17) is 10.1 Å². The van der Waals surface area contributed by atoms with Crippen LogP contribution in [-0.2, 0) is 4.79 Å². The first-order chi connectivity index (χ1) is 17.6. The van der Waals surface area contributed by atoms with Crippen molar-refractivity contribution in [1.82, 2.24) is 24.8 Å². The van der Waals surface area contributed by atoms with E-state index in [0.29, 0.717) is 18.6 Å². The number of amides is 1. The second kappa shape index (κ2) is 11.6. The first kappa shape index (κ1) is 25.0. The van der Waals surface area contributed by atoms with Crippen LogP contribution in [0.1, 0.15) is 58.3 Å². The number of imidazole rings is 1. The number of piperidine rings is 1. The van der Waals surface area contributed by atoms with Crippen molar-refractivity contribution in [2.24, 2.45) is 0 Å². The van der Waals surface area contributed by atoms with Gasteiger partial charge < -0.3 is 20.4 Å². The van der Waals surface area contributed by atoms with Gasteiger partial charge in [-0.25, -0.2) is 4.98 Å². The van der Waals surface area contributed by atoms with Gasteiger partial charge in [-0.2, -0.15) is 4.52 Å². The van der Waals surface area contributed by atoms with Gasteiger partial charge in [-0.15, -0.1) is 5.10 Å². The Balaban J connectivity index is 1.21. The summed E-state index contributed by atoms with van der Waals surface area (Å²) >= 11 is 1.52. The van der Waals surface area contributed by atoms with E-state index in [0.717, 1.165) is 40.1 Å². The fourth-order valence-corrected chi connectivity index (χ4v) is 6.28. The van der Waals surface area contributed by atoms with Gasteiger partial charge in [-0.3, -0.25) is 4.79 Å². The molecular weight excluding hydrogens is 470 g/mol. The molecule has 8 nitrogen and oxygen atoms in total. The van der Waals surface area contributed by atoms with Crippen molar-refractivity contribution in [2.45, 2.75) is 70.4 Å². The average molecular weight is 510 g/mol. The van der Waals surface area contributed by atoms with Gasteiger partial charge in [0.15, 0.2) is 5.82 Å². The lowest BCUT2D eigenvalue weighted by molar-refractivity contribution is -0.119. The summed E-state index contributed by atoms with van der Waals surface area (Å²) in [5.74, 6) is 0.988. The van der Waals surface area contributed by atoms with Crippen LogP contribution in [0, 0.1) is 0 Å². The third-order valence-electron chi connectivity index (χ3n) is 7.53. The Kier molecular flexibility index (Phi) is 8.06. The van der Waals surface area contributed by atoms with Crippen LogP contribution in [0.25, 0.3) is 16.2 Å². The molecule has 0 spiro atoms. The number of rotatable bonds is 10. The zero-order valence-corrected chi connectivity index (χ0v) is 22.4. The molecule has 1 aliphatic carbocycles. The van der Waals surface area contributed by atoms with Crippen molar-refractivity contribution in [3.05, 3.63) is 30.3 Å². The number of carbonyl (C=O) groups is 1. The summed E-state index contributed by atoms with van der Waals surface area (Å²) in [6.07, 6.45) is 9.79. The van der Waals surface area contributed by atoms with Gasteiger partial charge in [0, 0.05) is 37.8 Å². The average Bonchev–Trinajstić information content (AvgIpc) is 3.61. The van der Waals surface area contributed by atoms with Gasteiger partial charge in [-0.05, 0) is 45.6 Å². The molecule has 1 atom stereocenters. The Hall–Kier alpha value is -2.65. The normalized spacial score (nSPS) is 19.1. The quantitative estimate of drug-likeness (QED) is 0.388. The Morgan fingerprint density at radius 1 is 1.14 bits per heavy atom. The summed E-state index contributed by atoms with van der Waals surface area (Å²) in [6, 6.07) is 11.4. The largest absolute Gasteiger partial charge is 0.365 e. The molecule has 9 heteroatoms. The maximum absolute atomic E-state index is 12.6. The molecule has 0 radical (unpaired) electrons. The Morgan fingerprint density at radius 2 is 1.92 bits per heavy atom. The number of aromatic nitrogens is 3. The molecule has 1 amide bonds. The maximum Gasteiger partial charge on any atom is 0.239 e. The van der Waals surface area contributed by atoms with Crippen LogP contribution in [0.15, 0.2) is 30.3 Å². The number of anilines is 2. The monoisotopic (exact) mass is 509 g/mol. The molecule has 0 bridgehead atoms. The van der Waals surface area contributed by atoms with Crippen LogP contribution in [0.5, 0.6) is 0 Å². The number of likely N-dealkylation sites (N-methyl/N-ethyl adjacent to an activating group) is 1. The highest BCUT2D eigenvalue weighted by molar-refractivity contribution is 7.20. The SMILES string of the molecule is C[C@@H]1CCCCN1CCCNC(=O)CN(C)c1nn2c(NC3CCCC3)c(-c3ccccc3)nc2s1. The molecule has 1 saturated heterocycles. The minimum atomic E-state index is 0.0336. The molecule has 2 aromatic heterocycles. The minimum Gasteiger partial charge on any atom is -0.365 e. The zero-order chi connectivity index (χ0) is 24.9. The molecule has 3 aromatic rings. The predicted octanol–water partition coefficient (Wildman–Crippen LogP) is 4.63. The fourth-order valence-electron chi connectivity index (χ4n) is 5.42. The molecule has 36 heavy (non-hydrogen) atoms. The summed E-state index contributed by atoms with van der Waals surface area (Å²) in [6.45, 7) is 5.56. The van der Waals surface area contributed by atoms with Gasteiger partial charge in [0.1, 0.15) is 5.69 Å². The molecule has 2 fully saturated rings. The molecule has 1 saturated carbocycles. The molecule has 194 valence electrons. The van der Waals surface area contributed by atoms with Gasteiger partial charge in [0.05, 0.1) is 6.54 Å². The summed E-state index contributed by atoms with van der Waals surface area (Å²) in [4.78, 5) is 22.9. The van der Waals surface area contributed by atoms with Crippen LogP contribution < -0.4 is 15.5 Å². The second-order valence-electron chi connectivity index (χ2n) is 10.3. The minimum absolute atomic E-state index is 0.0336. The highest BCUT2D eigenvalue weighted by Crippen LogP contribution is 2.35. The molecular formula is C27H39N7OS. The fraction of sp³-hybridized carbons (Fsp3) is 0.593. The van der Waals surface area contributed by atoms with E-state index in [2.05, 4.69) is 34.6 Å². The van der Waals surface area contributed by atoms with E-state index in [1.54, 1.807) is 0 Å². The molecule has 3 heterocycles. The molecule has 2 aliphatic rings. The Labute approximate surface area is 218 Å². The Bertz CT molecular complexity index is 1140. The number of likely N-dealkylation sites (tertiary alicyclic amines) is 1.